The first-order chi connectivity index (χ1) is 12.9. The number of nitrogens with one attached hydrogen (secondary N) is 2. The summed E-state index contributed by atoms with van der Waals surface area (Å²) in [7, 11) is 0. The number of para-hydroxylation sites is 2. The predicted molar refractivity (Wildman–Crippen MR) is 115 cm³/mol. The van der Waals surface area contributed by atoms with Crippen LogP contribution >= 0.6 is 46.4 Å². The second kappa shape index (κ2) is 8.85. The van der Waals surface area contributed by atoms with Crippen molar-refractivity contribution in [1.82, 2.24) is 0 Å². The van der Waals surface area contributed by atoms with Gasteiger partial charge in [-0.15, -0.1) is 0 Å². The summed E-state index contributed by atoms with van der Waals surface area (Å²) in [5.74, 6) is -0.210. The molecule has 1 amide bonds. The maximum atomic E-state index is 12.5. The van der Waals surface area contributed by atoms with Crippen LogP contribution in [0.25, 0.3) is 0 Å². The molecule has 0 atom stereocenters. The standard InChI is InChI=1S/C20H14Cl4N2O/c21-13-8-9-18(16(24)11-13)25-19(27)10-12-4-1-2-7-17(12)26-20-14(22)5-3-6-15(20)23/h1-9,11,26H,10H2,(H,25,27). The Kier molecular flexibility index (Phi) is 6.51. The average molecular weight is 440 g/mol. The van der Waals surface area contributed by atoms with Gasteiger partial charge in [-0.1, -0.05) is 70.7 Å². The van der Waals surface area contributed by atoms with Gasteiger partial charge in [-0.3, -0.25) is 4.79 Å². The van der Waals surface area contributed by atoms with Crippen LogP contribution in [0.3, 0.4) is 0 Å². The van der Waals surface area contributed by atoms with Crippen LogP contribution in [0, 0.1) is 0 Å². The molecule has 3 rings (SSSR count). The lowest BCUT2D eigenvalue weighted by molar-refractivity contribution is -0.115. The summed E-state index contributed by atoms with van der Waals surface area (Å²) in [5, 5.41) is 7.87. The van der Waals surface area contributed by atoms with E-state index in [1.54, 1.807) is 36.4 Å². The molecule has 0 spiro atoms. The number of benzene rings is 3. The molecule has 0 aliphatic rings. The molecular weight excluding hydrogens is 426 g/mol. The second-order valence-corrected chi connectivity index (χ2v) is 7.39. The molecule has 0 unspecified atom stereocenters. The van der Waals surface area contributed by atoms with Gasteiger partial charge in [0.25, 0.3) is 0 Å². The zero-order chi connectivity index (χ0) is 19.4. The molecule has 138 valence electrons. The molecule has 0 aromatic heterocycles. The Balaban J connectivity index is 1.79. The number of rotatable bonds is 5. The third kappa shape index (κ3) is 5.08. The minimum atomic E-state index is -0.210. The summed E-state index contributed by atoms with van der Waals surface area (Å²) < 4.78 is 0. The Labute approximate surface area is 177 Å². The number of carbonyl (C=O) groups excluding carboxylic acids is 1. The van der Waals surface area contributed by atoms with Crippen molar-refractivity contribution >= 4 is 69.4 Å². The zero-order valence-corrected chi connectivity index (χ0v) is 16.9. The summed E-state index contributed by atoms with van der Waals surface area (Å²) in [6.45, 7) is 0. The lowest BCUT2D eigenvalue weighted by atomic mass is 10.1. The van der Waals surface area contributed by atoms with Crippen LogP contribution < -0.4 is 10.6 Å². The van der Waals surface area contributed by atoms with Crippen LogP contribution in [0.2, 0.25) is 20.1 Å². The first kappa shape index (κ1) is 19.8. The largest absolute Gasteiger partial charge is 0.353 e. The summed E-state index contributed by atoms with van der Waals surface area (Å²) in [5.41, 5.74) is 2.63. The van der Waals surface area contributed by atoms with Gasteiger partial charge in [0.15, 0.2) is 0 Å². The van der Waals surface area contributed by atoms with Crippen molar-refractivity contribution in [3.05, 3.63) is 86.3 Å². The fourth-order valence-electron chi connectivity index (χ4n) is 2.51. The maximum absolute atomic E-state index is 12.5. The van der Waals surface area contributed by atoms with Crippen molar-refractivity contribution in [3.63, 3.8) is 0 Å². The maximum Gasteiger partial charge on any atom is 0.228 e. The van der Waals surface area contributed by atoms with Crippen molar-refractivity contribution in [2.45, 2.75) is 6.42 Å². The van der Waals surface area contributed by atoms with Crippen molar-refractivity contribution in [2.24, 2.45) is 0 Å². The van der Waals surface area contributed by atoms with Gasteiger partial charge in [0.2, 0.25) is 5.91 Å². The van der Waals surface area contributed by atoms with Gasteiger partial charge < -0.3 is 10.6 Å². The highest BCUT2D eigenvalue weighted by Gasteiger charge is 2.12. The zero-order valence-electron chi connectivity index (χ0n) is 13.9. The van der Waals surface area contributed by atoms with E-state index in [0.717, 1.165) is 11.3 Å². The Hall–Kier alpha value is -1.91. The monoisotopic (exact) mass is 438 g/mol. The van der Waals surface area contributed by atoms with Gasteiger partial charge in [-0.25, -0.2) is 0 Å². The molecule has 0 radical (unpaired) electrons. The second-order valence-electron chi connectivity index (χ2n) is 5.73. The Morgan fingerprint density at radius 2 is 1.48 bits per heavy atom. The Bertz CT molecular complexity index is 971. The van der Waals surface area contributed by atoms with E-state index in [2.05, 4.69) is 10.6 Å². The van der Waals surface area contributed by atoms with E-state index in [1.165, 1.54) is 0 Å². The minimum Gasteiger partial charge on any atom is -0.353 e. The molecule has 3 aromatic rings. The summed E-state index contributed by atoms with van der Waals surface area (Å²) in [6, 6.07) is 17.6. The van der Waals surface area contributed by atoms with Crippen LogP contribution in [0.5, 0.6) is 0 Å². The van der Waals surface area contributed by atoms with Gasteiger partial charge in [-0.2, -0.15) is 0 Å². The van der Waals surface area contributed by atoms with Gasteiger partial charge in [-0.05, 0) is 42.0 Å². The van der Waals surface area contributed by atoms with Crippen molar-refractivity contribution in [3.8, 4) is 0 Å². The number of halogens is 4. The van der Waals surface area contributed by atoms with Gasteiger partial charge in [0.05, 0.1) is 32.9 Å². The van der Waals surface area contributed by atoms with E-state index in [9.17, 15) is 4.79 Å². The molecule has 0 aliphatic carbocycles. The Morgan fingerprint density at radius 1 is 0.778 bits per heavy atom. The van der Waals surface area contributed by atoms with Crippen molar-refractivity contribution in [1.29, 1.82) is 0 Å². The topological polar surface area (TPSA) is 41.1 Å². The lowest BCUT2D eigenvalue weighted by Gasteiger charge is -2.14. The van der Waals surface area contributed by atoms with E-state index in [1.807, 2.05) is 24.3 Å². The third-order valence-electron chi connectivity index (χ3n) is 3.80. The van der Waals surface area contributed by atoms with Crippen LogP contribution in [-0.2, 0) is 11.2 Å². The SMILES string of the molecule is O=C(Cc1ccccc1Nc1c(Cl)cccc1Cl)Nc1ccc(Cl)cc1Cl. The van der Waals surface area contributed by atoms with E-state index < -0.39 is 0 Å². The molecule has 0 fully saturated rings. The number of anilines is 3. The molecule has 0 bridgehead atoms. The first-order valence-electron chi connectivity index (χ1n) is 7.98. The third-order valence-corrected chi connectivity index (χ3v) is 4.97. The normalized spacial score (nSPS) is 10.5. The molecule has 0 saturated heterocycles. The fourth-order valence-corrected chi connectivity index (χ4v) is 3.45. The fraction of sp³-hybridized carbons (Fsp3) is 0.0500. The molecule has 3 nitrogen and oxygen atoms in total. The van der Waals surface area contributed by atoms with Crippen LogP contribution in [0.15, 0.2) is 60.7 Å². The summed E-state index contributed by atoms with van der Waals surface area (Å²) >= 11 is 24.4. The molecule has 3 aromatic carbocycles. The number of carbonyl (C=O) groups is 1. The lowest BCUT2D eigenvalue weighted by Crippen LogP contribution is -2.15. The Morgan fingerprint density at radius 3 is 2.19 bits per heavy atom. The molecule has 0 heterocycles. The minimum absolute atomic E-state index is 0.143. The molecule has 0 saturated carbocycles. The first-order valence-corrected chi connectivity index (χ1v) is 9.49. The number of hydrogen-bond acceptors (Lipinski definition) is 2. The highest BCUT2D eigenvalue weighted by atomic mass is 35.5. The highest BCUT2D eigenvalue weighted by molar-refractivity contribution is 6.39. The van der Waals surface area contributed by atoms with Crippen molar-refractivity contribution in [2.75, 3.05) is 10.6 Å². The number of hydrogen-bond donors (Lipinski definition) is 2. The molecule has 0 aliphatic heterocycles. The molecule has 2 N–H and O–H groups in total. The summed E-state index contributed by atoms with van der Waals surface area (Å²) in [6.07, 6.45) is 0.143. The summed E-state index contributed by atoms with van der Waals surface area (Å²) in [4.78, 5) is 12.5. The number of amides is 1. The average Bonchev–Trinajstić information content (AvgIpc) is 2.62. The smallest absolute Gasteiger partial charge is 0.228 e. The van der Waals surface area contributed by atoms with E-state index in [4.69, 9.17) is 46.4 Å². The van der Waals surface area contributed by atoms with Gasteiger partial charge in [0.1, 0.15) is 0 Å². The van der Waals surface area contributed by atoms with Gasteiger partial charge in [0, 0.05) is 10.7 Å². The van der Waals surface area contributed by atoms with E-state index in [-0.39, 0.29) is 12.3 Å². The van der Waals surface area contributed by atoms with Crippen LogP contribution in [0.4, 0.5) is 17.1 Å². The van der Waals surface area contributed by atoms with E-state index in [0.29, 0.717) is 31.5 Å². The van der Waals surface area contributed by atoms with E-state index >= 15 is 0 Å². The molecular formula is C20H14Cl4N2O. The predicted octanol–water partition coefficient (Wildman–Crippen LogP) is 7.23. The van der Waals surface area contributed by atoms with Crippen molar-refractivity contribution < 1.29 is 4.79 Å². The van der Waals surface area contributed by atoms with Crippen LogP contribution in [-0.4, -0.2) is 5.91 Å². The quantitative estimate of drug-likeness (QED) is 0.440. The van der Waals surface area contributed by atoms with Crippen LogP contribution in [0.1, 0.15) is 5.56 Å². The molecule has 27 heavy (non-hydrogen) atoms. The van der Waals surface area contributed by atoms with Gasteiger partial charge >= 0.3 is 0 Å². The highest BCUT2D eigenvalue weighted by Crippen LogP contribution is 2.34. The molecule has 7 heteroatoms.